The van der Waals surface area contributed by atoms with Crippen LogP contribution in [-0.2, 0) is 0 Å². The van der Waals surface area contributed by atoms with Crippen LogP contribution in [0, 0.1) is 5.92 Å². The molecule has 0 nitrogen and oxygen atoms in total. The molecule has 0 heteroatoms. The number of rotatable bonds is 0. The Labute approximate surface area is 67.0 Å². The Morgan fingerprint density at radius 1 is 0.900 bits per heavy atom. The SMILES string of the molecule is C.CC.CC1CCCCC1. The minimum atomic E-state index is 0. The standard InChI is InChI=1S/C7H14.C2H6.CH4/c1-7-5-3-2-4-6-7;1-2;/h7H,2-6H2,1H3;1-2H3;1H4. The lowest BCUT2D eigenvalue weighted by molar-refractivity contribution is 0.385. The molecule has 0 saturated heterocycles. The van der Waals surface area contributed by atoms with Crippen molar-refractivity contribution in [2.24, 2.45) is 5.92 Å². The molecule has 0 heterocycles. The van der Waals surface area contributed by atoms with Crippen molar-refractivity contribution in [1.29, 1.82) is 0 Å². The quantitative estimate of drug-likeness (QED) is 0.477. The molecule has 1 fully saturated rings. The van der Waals surface area contributed by atoms with E-state index in [9.17, 15) is 0 Å². The average Bonchev–Trinajstić information content (AvgIpc) is 1.94. The molecule has 0 aliphatic heterocycles. The Morgan fingerprint density at radius 3 is 1.50 bits per heavy atom. The summed E-state index contributed by atoms with van der Waals surface area (Å²) in [6.45, 7) is 6.36. The summed E-state index contributed by atoms with van der Waals surface area (Å²) in [5.41, 5.74) is 0. The van der Waals surface area contributed by atoms with Crippen LogP contribution >= 0.6 is 0 Å². The second-order valence-corrected chi connectivity index (χ2v) is 2.74. The van der Waals surface area contributed by atoms with Crippen LogP contribution in [0.1, 0.15) is 60.3 Å². The Morgan fingerprint density at radius 2 is 1.30 bits per heavy atom. The highest BCUT2D eigenvalue weighted by molar-refractivity contribution is 4.59. The number of hydrogen-bond donors (Lipinski definition) is 0. The fourth-order valence-corrected chi connectivity index (χ4v) is 1.31. The third-order valence-corrected chi connectivity index (χ3v) is 1.89. The van der Waals surface area contributed by atoms with Crippen molar-refractivity contribution < 1.29 is 0 Å². The molecular weight excluding hydrogens is 120 g/mol. The van der Waals surface area contributed by atoms with Gasteiger partial charge in [-0.15, -0.1) is 0 Å². The molecule has 0 aromatic rings. The van der Waals surface area contributed by atoms with Gasteiger partial charge in [-0.25, -0.2) is 0 Å². The van der Waals surface area contributed by atoms with Gasteiger partial charge < -0.3 is 0 Å². The Kier molecular flexibility index (Phi) is 11.4. The normalized spacial score (nSPS) is 18.3. The van der Waals surface area contributed by atoms with Crippen LogP contribution in [0.2, 0.25) is 0 Å². The summed E-state index contributed by atoms with van der Waals surface area (Å²) >= 11 is 0. The van der Waals surface area contributed by atoms with E-state index >= 15 is 0 Å². The van der Waals surface area contributed by atoms with Gasteiger partial charge in [-0.2, -0.15) is 0 Å². The topological polar surface area (TPSA) is 0 Å². The van der Waals surface area contributed by atoms with Crippen LogP contribution in [0.15, 0.2) is 0 Å². The van der Waals surface area contributed by atoms with E-state index in [1.165, 1.54) is 32.1 Å². The van der Waals surface area contributed by atoms with E-state index in [1.54, 1.807) is 0 Å². The molecule has 0 radical (unpaired) electrons. The Hall–Kier alpha value is 0. The molecule has 0 amide bonds. The molecule has 1 aliphatic rings. The van der Waals surface area contributed by atoms with Crippen molar-refractivity contribution in [3.8, 4) is 0 Å². The van der Waals surface area contributed by atoms with E-state index in [0.29, 0.717) is 0 Å². The molecule has 0 aromatic carbocycles. The summed E-state index contributed by atoms with van der Waals surface area (Å²) in [7, 11) is 0. The summed E-state index contributed by atoms with van der Waals surface area (Å²) in [5.74, 6) is 1.04. The van der Waals surface area contributed by atoms with Gasteiger partial charge in [-0.1, -0.05) is 60.3 Å². The monoisotopic (exact) mass is 144 g/mol. The predicted molar refractivity (Wildman–Crippen MR) is 50.3 cm³/mol. The van der Waals surface area contributed by atoms with Crippen molar-refractivity contribution in [2.75, 3.05) is 0 Å². The highest BCUT2D eigenvalue weighted by Gasteiger charge is 2.05. The fraction of sp³-hybridized carbons (Fsp3) is 1.00. The second kappa shape index (κ2) is 9.00. The minimum Gasteiger partial charge on any atom is -0.0776 e. The molecular formula is C10H24. The molecule has 0 bridgehead atoms. The van der Waals surface area contributed by atoms with Gasteiger partial charge >= 0.3 is 0 Å². The maximum Gasteiger partial charge on any atom is -0.0443 e. The minimum absolute atomic E-state index is 0. The largest absolute Gasteiger partial charge is 0.0776 e. The maximum atomic E-state index is 2.36. The molecule has 1 saturated carbocycles. The van der Waals surface area contributed by atoms with Crippen LogP contribution in [-0.4, -0.2) is 0 Å². The highest BCUT2D eigenvalue weighted by atomic mass is 14.1. The van der Waals surface area contributed by atoms with E-state index in [1.807, 2.05) is 13.8 Å². The third kappa shape index (κ3) is 6.12. The molecule has 0 N–H and O–H groups in total. The molecule has 0 spiro atoms. The van der Waals surface area contributed by atoms with Gasteiger partial charge in [0.25, 0.3) is 0 Å². The van der Waals surface area contributed by atoms with Gasteiger partial charge in [0.2, 0.25) is 0 Å². The first kappa shape index (κ1) is 12.7. The van der Waals surface area contributed by atoms with Gasteiger partial charge in [0, 0.05) is 0 Å². The lowest BCUT2D eigenvalue weighted by Crippen LogP contribution is -1.99. The Balaban J connectivity index is 0. The van der Waals surface area contributed by atoms with Crippen molar-refractivity contribution in [3.63, 3.8) is 0 Å². The van der Waals surface area contributed by atoms with Crippen LogP contribution < -0.4 is 0 Å². The lowest BCUT2D eigenvalue weighted by atomic mass is 9.91. The molecule has 64 valence electrons. The van der Waals surface area contributed by atoms with E-state index in [0.717, 1.165) is 5.92 Å². The van der Waals surface area contributed by atoms with Crippen molar-refractivity contribution in [2.45, 2.75) is 60.3 Å². The maximum absolute atomic E-state index is 2.36. The zero-order valence-electron chi connectivity index (χ0n) is 7.11. The first-order chi connectivity index (χ1) is 4.39. The third-order valence-electron chi connectivity index (χ3n) is 1.89. The highest BCUT2D eigenvalue weighted by Crippen LogP contribution is 2.21. The smallest absolute Gasteiger partial charge is 0.0443 e. The van der Waals surface area contributed by atoms with Crippen LogP contribution in [0.3, 0.4) is 0 Å². The molecule has 0 unspecified atom stereocenters. The van der Waals surface area contributed by atoms with Crippen LogP contribution in [0.5, 0.6) is 0 Å². The van der Waals surface area contributed by atoms with Gasteiger partial charge in [0.1, 0.15) is 0 Å². The van der Waals surface area contributed by atoms with Gasteiger partial charge in [-0.05, 0) is 5.92 Å². The summed E-state index contributed by atoms with van der Waals surface area (Å²) < 4.78 is 0. The van der Waals surface area contributed by atoms with Crippen LogP contribution in [0.25, 0.3) is 0 Å². The summed E-state index contributed by atoms with van der Waals surface area (Å²) in [6.07, 6.45) is 7.44. The van der Waals surface area contributed by atoms with Gasteiger partial charge in [0.05, 0.1) is 0 Å². The lowest BCUT2D eigenvalue weighted by Gasteiger charge is -2.15. The molecule has 1 aliphatic carbocycles. The van der Waals surface area contributed by atoms with E-state index in [-0.39, 0.29) is 7.43 Å². The van der Waals surface area contributed by atoms with E-state index in [4.69, 9.17) is 0 Å². The Bertz CT molecular complexity index is 42.0. The van der Waals surface area contributed by atoms with Crippen molar-refractivity contribution in [3.05, 3.63) is 0 Å². The van der Waals surface area contributed by atoms with Crippen LogP contribution in [0.4, 0.5) is 0 Å². The fourth-order valence-electron chi connectivity index (χ4n) is 1.31. The zero-order chi connectivity index (χ0) is 7.11. The van der Waals surface area contributed by atoms with Crippen molar-refractivity contribution in [1.82, 2.24) is 0 Å². The van der Waals surface area contributed by atoms with E-state index in [2.05, 4.69) is 6.92 Å². The summed E-state index contributed by atoms with van der Waals surface area (Å²) in [4.78, 5) is 0. The molecule has 10 heavy (non-hydrogen) atoms. The molecule has 0 aromatic heterocycles. The average molecular weight is 144 g/mol. The number of hydrogen-bond acceptors (Lipinski definition) is 0. The molecule has 0 atom stereocenters. The zero-order valence-corrected chi connectivity index (χ0v) is 7.11. The second-order valence-electron chi connectivity index (χ2n) is 2.74. The van der Waals surface area contributed by atoms with Gasteiger partial charge in [-0.3, -0.25) is 0 Å². The van der Waals surface area contributed by atoms with Gasteiger partial charge in [0.15, 0.2) is 0 Å². The first-order valence-electron chi connectivity index (χ1n) is 4.39. The first-order valence-corrected chi connectivity index (χ1v) is 4.39. The molecule has 1 rings (SSSR count). The summed E-state index contributed by atoms with van der Waals surface area (Å²) in [6, 6.07) is 0. The van der Waals surface area contributed by atoms with E-state index < -0.39 is 0 Å². The predicted octanol–water partition coefficient (Wildman–Crippen LogP) is 4.25. The van der Waals surface area contributed by atoms with Crippen molar-refractivity contribution >= 4 is 0 Å². The summed E-state index contributed by atoms with van der Waals surface area (Å²) in [5, 5.41) is 0.